The van der Waals surface area contributed by atoms with E-state index in [9.17, 15) is 0 Å². The molecule has 0 aliphatic heterocycles. The number of hydrogen-bond donors (Lipinski definition) is 1. The van der Waals surface area contributed by atoms with Gasteiger partial charge in [-0.15, -0.1) is 0 Å². The Bertz CT molecular complexity index is 225. The van der Waals surface area contributed by atoms with Crippen molar-refractivity contribution in [3.8, 4) is 0 Å². The van der Waals surface area contributed by atoms with E-state index in [1.54, 1.807) is 0 Å². The second-order valence-electron chi connectivity index (χ2n) is 3.38. The Morgan fingerprint density at radius 1 is 1.08 bits per heavy atom. The van der Waals surface area contributed by atoms with Crippen LogP contribution in [0.5, 0.6) is 0 Å². The smallest absolute Gasteiger partial charge is 0.00488 e. The quantitative estimate of drug-likeness (QED) is 0.681. The molecule has 13 heavy (non-hydrogen) atoms. The number of hydrogen-bond acceptors (Lipinski definition) is 1. The molecule has 1 nitrogen and oxygen atoms in total. The van der Waals surface area contributed by atoms with Gasteiger partial charge >= 0.3 is 0 Å². The van der Waals surface area contributed by atoms with Crippen LogP contribution >= 0.6 is 0 Å². The third-order valence-corrected chi connectivity index (χ3v) is 2.32. The zero-order chi connectivity index (χ0) is 9.52. The maximum Gasteiger partial charge on any atom is -0.00488 e. The molecule has 0 saturated carbocycles. The molecule has 1 aromatic carbocycles. The minimum Gasteiger partial charge on any atom is -0.320 e. The Kier molecular flexibility index (Phi) is 4.55. The molecule has 0 fully saturated rings. The van der Waals surface area contributed by atoms with E-state index >= 15 is 0 Å². The molecule has 0 saturated heterocycles. The minimum absolute atomic E-state index is 1.11. The van der Waals surface area contributed by atoms with Crippen molar-refractivity contribution in [2.24, 2.45) is 0 Å². The minimum atomic E-state index is 1.11. The van der Waals surface area contributed by atoms with Crippen LogP contribution in [0.4, 0.5) is 0 Å². The zero-order valence-corrected chi connectivity index (χ0v) is 8.64. The van der Waals surface area contributed by atoms with Gasteiger partial charge in [0, 0.05) is 0 Å². The van der Waals surface area contributed by atoms with Gasteiger partial charge in [0.2, 0.25) is 0 Å². The van der Waals surface area contributed by atoms with Crippen LogP contribution in [0.2, 0.25) is 0 Å². The van der Waals surface area contributed by atoms with Crippen molar-refractivity contribution in [1.82, 2.24) is 5.32 Å². The van der Waals surface area contributed by atoms with Gasteiger partial charge in [-0.05, 0) is 44.0 Å². The summed E-state index contributed by atoms with van der Waals surface area (Å²) in [6.07, 6.45) is 3.55. The number of rotatable bonds is 5. The molecule has 1 N–H and O–H groups in total. The lowest BCUT2D eigenvalue weighted by atomic mass is 10.1. The standard InChI is InChI=1S/C12H19N/c1-3-11-6-8-12(9-7-11)5-4-10-13-2/h6-9,13H,3-5,10H2,1-2H3. The predicted molar refractivity (Wildman–Crippen MR) is 58.1 cm³/mol. The van der Waals surface area contributed by atoms with Crippen molar-refractivity contribution in [3.05, 3.63) is 35.4 Å². The summed E-state index contributed by atoms with van der Waals surface area (Å²) in [6, 6.07) is 8.95. The summed E-state index contributed by atoms with van der Waals surface area (Å²) in [5.74, 6) is 0. The molecule has 0 aliphatic carbocycles. The topological polar surface area (TPSA) is 12.0 Å². The lowest BCUT2D eigenvalue weighted by Gasteiger charge is -2.02. The van der Waals surface area contributed by atoms with Crippen LogP contribution in [0.3, 0.4) is 0 Å². The van der Waals surface area contributed by atoms with E-state index in [2.05, 4.69) is 36.5 Å². The first-order valence-corrected chi connectivity index (χ1v) is 5.09. The molecule has 1 heteroatoms. The molecule has 72 valence electrons. The fourth-order valence-corrected chi connectivity index (χ4v) is 1.41. The van der Waals surface area contributed by atoms with Gasteiger partial charge in [0.05, 0.1) is 0 Å². The van der Waals surface area contributed by atoms with Gasteiger partial charge in [-0.1, -0.05) is 31.2 Å². The van der Waals surface area contributed by atoms with Crippen LogP contribution in [0, 0.1) is 0 Å². The first-order valence-electron chi connectivity index (χ1n) is 5.09. The molecule has 0 spiro atoms. The van der Waals surface area contributed by atoms with E-state index in [0.717, 1.165) is 13.0 Å². The van der Waals surface area contributed by atoms with Crippen LogP contribution in [0.15, 0.2) is 24.3 Å². The Hall–Kier alpha value is -0.820. The summed E-state index contributed by atoms with van der Waals surface area (Å²) in [7, 11) is 2.00. The zero-order valence-electron chi connectivity index (χ0n) is 8.64. The van der Waals surface area contributed by atoms with Gasteiger partial charge in [-0.3, -0.25) is 0 Å². The van der Waals surface area contributed by atoms with Crippen molar-refractivity contribution < 1.29 is 0 Å². The highest BCUT2D eigenvalue weighted by atomic mass is 14.8. The maximum atomic E-state index is 3.16. The van der Waals surface area contributed by atoms with Crippen LogP contribution in [-0.2, 0) is 12.8 Å². The molecule has 1 aromatic rings. The van der Waals surface area contributed by atoms with E-state index < -0.39 is 0 Å². The fraction of sp³-hybridized carbons (Fsp3) is 0.500. The first kappa shape index (κ1) is 10.3. The number of aryl methyl sites for hydroxylation is 2. The normalized spacial score (nSPS) is 10.3. The maximum absolute atomic E-state index is 3.16. The lowest BCUT2D eigenvalue weighted by Crippen LogP contribution is -2.08. The van der Waals surface area contributed by atoms with E-state index in [0.29, 0.717) is 0 Å². The highest BCUT2D eigenvalue weighted by molar-refractivity contribution is 5.22. The Morgan fingerprint density at radius 3 is 2.23 bits per heavy atom. The molecule has 0 aromatic heterocycles. The highest BCUT2D eigenvalue weighted by Gasteiger charge is 1.92. The van der Waals surface area contributed by atoms with Crippen molar-refractivity contribution in [1.29, 1.82) is 0 Å². The van der Waals surface area contributed by atoms with Crippen molar-refractivity contribution in [3.63, 3.8) is 0 Å². The van der Waals surface area contributed by atoms with Crippen LogP contribution < -0.4 is 5.32 Å². The molecule has 0 amide bonds. The molecule has 0 aliphatic rings. The van der Waals surface area contributed by atoms with Crippen LogP contribution in [-0.4, -0.2) is 13.6 Å². The summed E-state index contributed by atoms with van der Waals surface area (Å²) in [6.45, 7) is 3.30. The molecule has 0 atom stereocenters. The molecular weight excluding hydrogens is 158 g/mol. The Balaban J connectivity index is 2.40. The van der Waals surface area contributed by atoms with Gasteiger partial charge in [0.15, 0.2) is 0 Å². The van der Waals surface area contributed by atoms with Gasteiger partial charge in [0.25, 0.3) is 0 Å². The van der Waals surface area contributed by atoms with Crippen LogP contribution in [0.25, 0.3) is 0 Å². The summed E-state index contributed by atoms with van der Waals surface area (Å²) in [5, 5.41) is 3.16. The molecule has 0 radical (unpaired) electrons. The molecule has 1 rings (SSSR count). The summed E-state index contributed by atoms with van der Waals surface area (Å²) < 4.78 is 0. The van der Waals surface area contributed by atoms with Gasteiger partial charge < -0.3 is 5.32 Å². The van der Waals surface area contributed by atoms with Gasteiger partial charge in [-0.25, -0.2) is 0 Å². The SMILES string of the molecule is CCc1ccc(CCCNC)cc1. The monoisotopic (exact) mass is 177 g/mol. The number of benzene rings is 1. The Morgan fingerprint density at radius 2 is 1.69 bits per heavy atom. The van der Waals surface area contributed by atoms with Crippen molar-refractivity contribution >= 4 is 0 Å². The van der Waals surface area contributed by atoms with Crippen molar-refractivity contribution in [2.75, 3.05) is 13.6 Å². The molecule has 0 unspecified atom stereocenters. The predicted octanol–water partition coefficient (Wildman–Crippen LogP) is 2.40. The van der Waals surface area contributed by atoms with Crippen molar-refractivity contribution in [2.45, 2.75) is 26.2 Å². The lowest BCUT2D eigenvalue weighted by molar-refractivity contribution is 0.724. The average Bonchev–Trinajstić information content (AvgIpc) is 2.19. The third-order valence-electron chi connectivity index (χ3n) is 2.32. The average molecular weight is 177 g/mol. The van der Waals surface area contributed by atoms with E-state index in [1.807, 2.05) is 7.05 Å². The summed E-state index contributed by atoms with van der Waals surface area (Å²) >= 11 is 0. The fourth-order valence-electron chi connectivity index (χ4n) is 1.41. The second kappa shape index (κ2) is 5.76. The van der Waals surface area contributed by atoms with Gasteiger partial charge in [-0.2, -0.15) is 0 Å². The number of nitrogens with one attached hydrogen (secondary N) is 1. The summed E-state index contributed by atoms with van der Waals surface area (Å²) in [5.41, 5.74) is 2.88. The largest absolute Gasteiger partial charge is 0.320 e. The molecule has 0 heterocycles. The van der Waals surface area contributed by atoms with E-state index in [1.165, 1.54) is 24.0 Å². The van der Waals surface area contributed by atoms with Gasteiger partial charge in [0.1, 0.15) is 0 Å². The third kappa shape index (κ3) is 3.60. The van der Waals surface area contributed by atoms with Crippen LogP contribution in [0.1, 0.15) is 24.5 Å². The summed E-state index contributed by atoms with van der Waals surface area (Å²) in [4.78, 5) is 0. The molecule has 0 bridgehead atoms. The highest BCUT2D eigenvalue weighted by Crippen LogP contribution is 2.06. The Labute approximate surface area is 81.2 Å². The van der Waals surface area contributed by atoms with E-state index in [4.69, 9.17) is 0 Å². The molecular formula is C12H19N. The second-order valence-corrected chi connectivity index (χ2v) is 3.38. The first-order chi connectivity index (χ1) is 6.36. The van der Waals surface area contributed by atoms with E-state index in [-0.39, 0.29) is 0 Å².